The molecule has 1 saturated heterocycles. The van der Waals surface area contributed by atoms with Gasteiger partial charge < -0.3 is 9.64 Å². The molecule has 4 aliphatic rings. The zero-order chi connectivity index (χ0) is 21.2. The molecular formula is C23H27F2N2O3+. The maximum absolute atomic E-state index is 16.1. The van der Waals surface area contributed by atoms with E-state index in [4.69, 9.17) is 4.74 Å². The Bertz CT molecular complexity index is 954. The van der Waals surface area contributed by atoms with Crippen LogP contribution in [0.5, 0.6) is 0 Å². The van der Waals surface area contributed by atoms with E-state index in [0.29, 0.717) is 13.0 Å². The summed E-state index contributed by atoms with van der Waals surface area (Å²) in [6, 6.07) is 1.42. The van der Waals surface area contributed by atoms with E-state index in [9.17, 15) is 9.59 Å². The van der Waals surface area contributed by atoms with Crippen molar-refractivity contribution in [2.45, 2.75) is 57.0 Å². The molecule has 0 aromatic heterocycles. The molecule has 0 bridgehead atoms. The normalized spacial score (nSPS) is 25.8. The van der Waals surface area contributed by atoms with Crippen LogP contribution in [0.4, 0.5) is 14.5 Å². The maximum Gasteiger partial charge on any atom is 0.347 e. The number of esters is 1. The number of quaternary nitrogens is 1. The van der Waals surface area contributed by atoms with Crippen molar-refractivity contribution in [2.24, 2.45) is 0 Å². The van der Waals surface area contributed by atoms with Crippen molar-refractivity contribution in [3.8, 4) is 0 Å². The standard InChI is InChI=1S/C23H27F2N2O3/c1-3-30-23(29)17-12-27(14-4-5-14,15-6-7-15)21-16(22(17)28)10-18(24)19(20(21)25)13-8-9-26(2)11-13/h10,12-15H,3-9,11H2,1-2H3/q+1. The van der Waals surface area contributed by atoms with Gasteiger partial charge in [-0.2, -0.15) is 4.39 Å². The summed E-state index contributed by atoms with van der Waals surface area (Å²) in [5, 5.41) is 0. The van der Waals surface area contributed by atoms with Gasteiger partial charge in [0.1, 0.15) is 12.0 Å². The number of nitrogens with zero attached hydrogens (tertiary/aromatic N) is 2. The van der Waals surface area contributed by atoms with Crippen LogP contribution in [0.1, 0.15) is 60.9 Å². The molecule has 2 heterocycles. The molecule has 5 nitrogen and oxygen atoms in total. The van der Waals surface area contributed by atoms with Gasteiger partial charge >= 0.3 is 5.97 Å². The molecule has 0 radical (unpaired) electrons. The van der Waals surface area contributed by atoms with Gasteiger partial charge in [-0.1, -0.05) is 0 Å². The van der Waals surface area contributed by atoms with Crippen LogP contribution in [-0.2, 0) is 9.53 Å². The molecule has 1 unspecified atom stereocenters. The van der Waals surface area contributed by atoms with Crippen LogP contribution in [0.2, 0.25) is 0 Å². The minimum absolute atomic E-state index is 0.00976. The van der Waals surface area contributed by atoms with Crippen molar-refractivity contribution in [3.63, 3.8) is 0 Å². The SMILES string of the molecule is CCOC(=O)C1=C[N+](C2CC2)(C2CC2)c2c(cc(F)c(C3CCN(C)C3)c2F)C1=O. The molecule has 0 spiro atoms. The second-order valence-electron chi connectivity index (χ2n) is 9.12. The molecular weight excluding hydrogens is 390 g/mol. The fourth-order valence-electron chi connectivity index (χ4n) is 5.43. The van der Waals surface area contributed by atoms with Gasteiger partial charge in [-0.05, 0) is 33.0 Å². The highest BCUT2D eigenvalue weighted by molar-refractivity contribution is 6.27. The van der Waals surface area contributed by atoms with Gasteiger partial charge in [-0.15, -0.1) is 0 Å². The van der Waals surface area contributed by atoms with Crippen LogP contribution < -0.4 is 4.48 Å². The van der Waals surface area contributed by atoms with Crippen LogP contribution in [0, 0.1) is 11.6 Å². The quantitative estimate of drug-likeness (QED) is 0.417. The maximum atomic E-state index is 16.1. The predicted molar refractivity (Wildman–Crippen MR) is 108 cm³/mol. The Kier molecular flexibility index (Phi) is 4.59. The Balaban J connectivity index is 1.73. The summed E-state index contributed by atoms with van der Waals surface area (Å²) in [5.74, 6) is -2.84. The zero-order valence-electron chi connectivity index (χ0n) is 17.4. The van der Waals surface area contributed by atoms with Crippen molar-refractivity contribution in [2.75, 3.05) is 26.7 Å². The lowest BCUT2D eigenvalue weighted by Crippen LogP contribution is -2.53. The number of rotatable bonds is 5. The Labute approximate surface area is 174 Å². The summed E-state index contributed by atoms with van der Waals surface area (Å²) in [5.41, 5.74) is 0.284. The van der Waals surface area contributed by atoms with Gasteiger partial charge in [0.15, 0.2) is 17.1 Å². The van der Waals surface area contributed by atoms with Crippen molar-refractivity contribution in [1.82, 2.24) is 9.38 Å². The van der Waals surface area contributed by atoms with Gasteiger partial charge in [-0.25, -0.2) is 9.18 Å². The summed E-state index contributed by atoms with van der Waals surface area (Å²) in [6.07, 6.45) is 5.92. The van der Waals surface area contributed by atoms with E-state index in [-0.39, 0.29) is 51.5 Å². The number of carbonyl (C=O) groups is 2. The number of likely N-dealkylation sites (N-methyl/N-ethyl adjacent to an activating group) is 1. The number of hydrogen-bond donors (Lipinski definition) is 0. The molecule has 0 N–H and O–H groups in total. The zero-order valence-corrected chi connectivity index (χ0v) is 17.4. The van der Waals surface area contributed by atoms with Crippen LogP contribution >= 0.6 is 0 Å². The molecule has 1 atom stereocenters. The van der Waals surface area contributed by atoms with E-state index in [2.05, 4.69) is 4.90 Å². The second-order valence-corrected chi connectivity index (χ2v) is 9.12. The third-order valence-electron chi connectivity index (χ3n) is 7.04. The predicted octanol–water partition coefficient (Wildman–Crippen LogP) is 3.66. The molecule has 5 rings (SSSR count). The number of carbonyl (C=O) groups excluding carboxylic acids is 2. The first kappa shape index (κ1) is 19.8. The molecule has 160 valence electrons. The van der Waals surface area contributed by atoms with E-state index >= 15 is 8.78 Å². The molecule has 2 aliphatic carbocycles. The van der Waals surface area contributed by atoms with Gasteiger partial charge in [0.2, 0.25) is 5.78 Å². The van der Waals surface area contributed by atoms with Crippen molar-refractivity contribution in [3.05, 3.63) is 40.6 Å². The topological polar surface area (TPSA) is 46.6 Å². The third kappa shape index (κ3) is 2.86. The Morgan fingerprint density at radius 3 is 2.40 bits per heavy atom. The third-order valence-corrected chi connectivity index (χ3v) is 7.04. The second kappa shape index (κ2) is 6.95. The first-order valence-corrected chi connectivity index (χ1v) is 10.9. The van der Waals surface area contributed by atoms with Crippen LogP contribution in [0.3, 0.4) is 0 Å². The van der Waals surface area contributed by atoms with Gasteiger partial charge in [0.05, 0.1) is 24.3 Å². The molecule has 2 aliphatic heterocycles. The molecule has 30 heavy (non-hydrogen) atoms. The fraction of sp³-hybridized carbons (Fsp3) is 0.565. The monoisotopic (exact) mass is 417 g/mol. The molecule has 0 amide bonds. The first-order valence-electron chi connectivity index (χ1n) is 10.9. The number of benzene rings is 1. The smallest absolute Gasteiger partial charge is 0.347 e. The number of ether oxygens (including phenoxy) is 1. The van der Waals surface area contributed by atoms with E-state index in [1.54, 1.807) is 13.1 Å². The number of halogens is 2. The van der Waals surface area contributed by atoms with Crippen molar-refractivity contribution in [1.29, 1.82) is 0 Å². The Morgan fingerprint density at radius 2 is 1.87 bits per heavy atom. The average molecular weight is 417 g/mol. The molecule has 1 aromatic carbocycles. The molecule has 2 saturated carbocycles. The van der Waals surface area contributed by atoms with Crippen LogP contribution in [0.15, 0.2) is 17.8 Å². The van der Waals surface area contributed by atoms with Crippen LogP contribution in [-0.4, -0.2) is 55.5 Å². The van der Waals surface area contributed by atoms with Crippen molar-refractivity contribution < 1.29 is 23.1 Å². The minimum atomic E-state index is -0.709. The first-order chi connectivity index (χ1) is 14.4. The van der Waals surface area contributed by atoms with Gasteiger partial charge in [0.25, 0.3) is 0 Å². The lowest BCUT2D eigenvalue weighted by Gasteiger charge is -2.40. The summed E-state index contributed by atoms with van der Waals surface area (Å²) < 4.78 is 36.6. The molecule has 3 fully saturated rings. The highest BCUT2D eigenvalue weighted by atomic mass is 19.1. The fourth-order valence-corrected chi connectivity index (χ4v) is 5.43. The summed E-state index contributed by atoms with van der Waals surface area (Å²) >= 11 is 0. The van der Waals surface area contributed by atoms with E-state index in [1.165, 1.54) is 6.07 Å². The minimum Gasteiger partial charge on any atom is -0.462 e. The molecule has 1 aromatic rings. The lowest BCUT2D eigenvalue weighted by molar-refractivity contribution is -0.138. The number of Topliss-reactive ketones (excluding diaryl/α,β-unsaturated/α-hetero) is 1. The van der Waals surface area contributed by atoms with Crippen LogP contribution in [0.25, 0.3) is 0 Å². The Hall–Kier alpha value is -2.12. The number of likely N-dealkylation sites (tertiary alicyclic amines) is 1. The highest BCUT2D eigenvalue weighted by Crippen LogP contribution is 2.54. The number of ketones is 1. The van der Waals surface area contributed by atoms with Gasteiger partial charge in [0, 0.05) is 43.7 Å². The summed E-state index contributed by atoms with van der Waals surface area (Å²) in [4.78, 5) is 27.8. The average Bonchev–Trinajstić information content (AvgIpc) is 3.61. The van der Waals surface area contributed by atoms with Gasteiger partial charge in [-0.3, -0.25) is 9.28 Å². The lowest BCUT2D eigenvalue weighted by atomic mass is 9.88. The Morgan fingerprint density at radius 1 is 1.20 bits per heavy atom. The summed E-state index contributed by atoms with van der Waals surface area (Å²) in [7, 11) is 1.95. The van der Waals surface area contributed by atoms with Crippen molar-refractivity contribution >= 4 is 17.4 Å². The highest BCUT2D eigenvalue weighted by Gasteiger charge is 2.60. The number of hydrogen-bond acceptors (Lipinski definition) is 4. The molecule has 7 heteroatoms. The number of fused-ring (bicyclic) bond motifs is 1. The van der Waals surface area contributed by atoms with E-state index in [1.807, 2.05) is 7.05 Å². The largest absolute Gasteiger partial charge is 0.462 e. The summed E-state index contributed by atoms with van der Waals surface area (Å²) in [6.45, 7) is 3.20. The van der Waals surface area contributed by atoms with E-state index in [0.717, 1.165) is 32.2 Å². The van der Waals surface area contributed by atoms with E-state index < -0.39 is 23.4 Å².